The van der Waals surface area contributed by atoms with Crippen LogP contribution in [0.5, 0.6) is 0 Å². The molecule has 1 aliphatic rings. The number of hydrogen-bond acceptors (Lipinski definition) is 5. The smallest absolute Gasteiger partial charge is 0.138 e. The highest BCUT2D eigenvalue weighted by molar-refractivity contribution is 4.88. The second-order valence-corrected chi connectivity index (χ2v) is 3.36. The Morgan fingerprint density at radius 2 is 1.15 bits per heavy atom. The summed E-state index contributed by atoms with van der Waals surface area (Å²) in [6.45, 7) is -0.608. The van der Waals surface area contributed by atoms with E-state index in [1.165, 1.54) is 5.32 Å². The Labute approximate surface area is 75.4 Å². The molecule has 0 amide bonds. The van der Waals surface area contributed by atoms with Crippen molar-refractivity contribution in [2.45, 2.75) is 30.4 Å². The van der Waals surface area contributed by atoms with Gasteiger partial charge in [-0.1, -0.05) is 0 Å². The molecule has 7 N–H and O–H groups in total. The molecule has 1 fully saturated rings. The van der Waals surface area contributed by atoms with Crippen LogP contribution in [-0.2, 0) is 0 Å². The number of rotatable bonds is 2. The summed E-state index contributed by atoms with van der Waals surface area (Å²) in [5, 5.41) is 47.1. The zero-order chi connectivity index (χ0) is 10.0. The molecule has 6 nitrogen and oxygen atoms in total. The summed E-state index contributed by atoms with van der Waals surface area (Å²) in [5.41, 5.74) is 0. The molecule has 13 heavy (non-hydrogen) atoms. The lowest BCUT2D eigenvalue weighted by Gasteiger charge is -2.37. The Hall–Kier alpha value is -0.240. The molecule has 0 bridgehead atoms. The largest absolute Gasteiger partial charge is 0.390 e. The molecule has 1 rings (SSSR count). The summed E-state index contributed by atoms with van der Waals surface area (Å²) in [4.78, 5) is 0. The van der Waals surface area contributed by atoms with Gasteiger partial charge in [0.05, 0.1) is 13.2 Å². The Bertz CT molecular complexity index is 147. The third kappa shape index (κ3) is 1.98. The zero-order valence-corrected chi connectivity index (χ0v) is 7.11. The average Bonchev–Trinajstić information content (AvgIpc) is 2.15. The maximum absolute atomic E-state index is 9.34. The molecule has 6 heteroatoms. The third-order valence-corrected chi connectivity index (χ3v) is 2.49. The molecular formula is C7H16NO5+. The van der Waals surface area contributed by atoms with E-state index in [0.29, 0.717) is 0 Å². The molecule has 0 aromatic heterocycles. The maximum atomic E-state index is 9.34. The standard InChI is InChI=1S/C7H15NO5/c9-1-3-5(11)7(13)6(12)4(2-10)8-3/h3-13H,1-2H2/p+1/t3-,4+,5+,6-,7?. The van der Waals surface area contributed by atoms with Gasteiger partial charge in [0, 0.05) is 0 Å². The van der Waals surface area contributed by atoms with Crippen LogP contribution < -0.4 is 5.32 Å². The lowest BCUT2D eigenvalue weighted by Crippen LogP contribution is -3.04. The van der Waals surface area contributed by atoms with Crippen LogP contribution in [0, 0.1) is 0 Å². The summed E-state index contributed by atoms with van der Waals surface area (Å²) in [5.74, 6) is 0. The van der Waals surface area contributed by atoms with E-state index in [9.17, 15) is 15.3 Å². The van der Waals surface area contributed by atoms with E-state index < -0.39 is 30.4 Å². The van der Waals surface area contributed by atoms with Gasteiger partial charge in [-0.2, -0.15) is 0 Å². The highest BCUT2D eigenvalue weighted by Crippen LogP contribution is 2.09. The number of hydrogen-bond donors (Lipinski definition) is 6. The highest BCUT2D eigenvalue weighted by atomic mass is 16.4. The van der Waals surface area contributed by atoms with Crippen molar-refractivity contribution < 1.29 is 30.8 Å². The van der Waals surface area contributed by atoms with Crippen molar-refractivity contribution in [2.75, 3.05) is 13.2 Å². The second kappa shape index (κ2) is 4.32. The first-order valence-electron chi connectivity index (χ1n) is 4.22. The van der Waals surface area contributed by atoms with Gasteiger partial charge in [0.2, 0.25) is 0 Å². The van der Waals surface area contributed by atoms with Gasteiger partial charge >= 0.3 is 0 Å². The molecule has 0 aromatic rings. The van der Waals surface area contributed by atoms with E-state index in [2.05, 4.69) is 0 Å². The van der Waals surface area contributed by atoms with Crippen molar-refractivity contribution in [3.8, 4) is 0 Å². The van der Waals surface area contributed by atoms with Crippen molar-refractivity contribution in [2.24, 2.45) is 0 Å². The summed E-state index contributed by atoms with van der Waals surface area (Å²) in [7, 11) is 0. The van der Waals surface area contributed by atoms with Crippen LogP contribution in [0.3, 0.4) is 0 Å². The van der Waals surface area contributed by atoms with Crippen molar-refractivity contribution in [3.05, 3.63) is 0 Å². The van der Waals surface area contributed by atoms with Gasteiger partial charge in [-0.15, -0.1) is 0 Å². The molecule has 5 atom stereocenters. The SMILES string of the molecule is OC[C@@H]1[NH2+][C@H](CO)[C@H](O)C(O)[C@@H]1O. The van der Waals surface area contributed by atoms with Crippen LogP contribution in [0.1, 0.15) is 0 Å². The van der Waals surface area contributed by atoms with Crippen molar-refractivity contribution in [1.82, 2.24) is 0 Å². The normalized spacial score (nSPS) is 46.4. The molecular weight excluding hydrogens is 178 g/mol. The Kier molecular flexibility index (Phi) is 3.60. The van der Waals surface area contributed by atoms with Gasteiger partial charge in [-0.05, 0) is 0 Å². The van der Waals surface area contributed by atoms with E-state index in [4.69, 9.17) is 10.2 Å². The first-order valence-corrected chi connectivity index (χ1v) is 4.22. The lowest BCUT2D eigenvalue weighted by atomic mass is 9.91. The van der Waals surface area contributed by atoms with Gasteiger partial charge in [0.15, 0.2) is 0 Å². The maximum Gasteiger partial charge on any atom is 0.138 e. The predicted molar refractivity (Wildman–Crippen MR) is 41.7 cm³/mol. The highest BCUT2D eigenvalue weighted by Gasteiger charge is 2.45. The van der Waals surface area contributed by atoms with Crippen molar-refractivity contribution in [3.63, 3.8) is 0 Å². The Morgan fingerprint density at radius 3 is 1.46 bits per heavy atom. The third-order valence-electron chi connectivity index (χ3n) is 2.49. The van der Waals surface area contributed by atoms with Crippen LogP contribution in [0.4, 0.5) is 0 Å². The van der Waals surface area contributed by atoms with Gasteiger partial charge in [0.25, 0.3) is 0 Å². The molecule has 1 heterocycles. The summed E-state index contributed by atoms with van der Waals surface area (Å²) < 4.78 is 0. The lowest BCUT2D eigenvalue weighted by molar-refractivity contribution is -0.750. The van der Waals surface area contributed by atoms with Crippen LogP contribution in [0.15, 0.2) is 0 Å². The topological polar surface area (TPSA) is 118 Å². The van der Waals surface area contributed by atoms with E-state index in [0.717, 1.165) is 0 Å². The first kappa shape index (κ1) is 10.8. The molecule has 0 spiro atoms. The Morgan fingerprint density at radius 1 is 0.769 bits per heavy atom. The number of piperidine rings is 1. The summed E-state index contributed by atoms with van der Waals surface area (Å²) in [6, 6.07) is -1.17. The van der Waals surface area contributed by atoms with Crippen LogP contribution in [0.25, 0.3) is 0 Å². The first-order chi connectivity index (χ1) is 6.11. The molecule has 78 valence electrons. The van der Waals surface area contributed by atoms with Crippen LogP contribution in [0.2, 0.25) is 0 Å². The number of aliphatic hydroxyl groups excluding tert-OH is 5. The van der Waals surface area contributed by atoms with Crippen molar-refractivity contribution >= 4 is 0 Å². The Balaban J connectivity index is 2.66. The zero-order valence-electron chi connectivity index (χ0n) is 7.11. The fraction of sp³-hybridized carbons (Fsp3) is 1.00. The van der Waals surface area contributed by atoms with Gasteiger partial charge < -0.3 is 30.8 Å². The molecule has 1 aliphatic heterocycles. The van der Waals surface area contributed by atoms with Crippen LogP contribution in [-0.4, -0.2) is 69.1 Å². The molecule has 0 aliphatic carbocycles. The fourth-order valence-corrected chi connectivity index (χ4v) is 1.59. The van der Waals surface area contributed by atoms with Gasteiger partial charge in [-0.25, -0.2) is 0 Å². The fourth-order valence-electron chi connectivity index (χ4n) is 1.59. The molecule has 0 radical (unpaired) electrons. The number of quaternary nitrogens is 1. The monoisotopic (exact) mass is 194 g/mol. The van der Waals surface area contributed by atoms with Gasteiger partial charge in [-0.3, -0.25) is 0 Å². The van der Waals surface area contributed by atoms with Gasteiger partial charge in [0.1, 0.15) is 30.4 Å². The van der Waals surface area contributed by atoms with E-state index in [1.807, 2.05) is 0 Å². The predicted octanol–water partition coefficient (Wildman–Crippen LogP) is -4.63. The number of nitrogens with two attached hydrogens (primary N) is 1. The summed E-state index contributed by atoms with van der Waals surface area (Å²) >= 11 is 0. The van der Waals surface area contributed by atoms with E-state index in [1.54, 1.807) is 0 Å². The minimum Gasteiger partial charge on any atom is -0.390 e. The van der Waals surface area contributed by atoms with Crippen LogP contribution >= 0.6 is 0 Å². The molecule has 0 saturated carbocycles. The quantitative estimate of drug-likeness (QED) is 0.264. The average molecular weight is 194 g/mol. The van der Waals surface area contributed by atoms with E-state index >= 15 is 0 Å². The summed E-state index contributed by atoms with van der Waals surface area (Å²) in [6.07, 6.45) is -3.63. The second-order valence-electron chi connectivity index (χ2n) is 3.36. The minimum atomic E-state index is -1.31. The molecule has 1 saturated heterocycles. The molecule has 0 aromatic carbocycles. The van der Waals surface area contributed by atoms with E-state index in [-0.39, 0.29) is 13.2 Å². The number of aliphatic hydroxyl groups is 5. The van der Waals surface area contributed by atoms with Crippen molar-refractivity contribution in [1.29, 1.82) is 0 Å². The molecule has 1 unspecified atom stereocenters. The minimum absolute atomic E-state index is 0.304.